The van der Waals surface area contributed by atoms with Gasteiger partial charge in [-0.15, -0.1) is 0 Å². The number of pyridine rings is 1. The third-order valence-corrected chi connectivity index (χ3v) is 4.94. The lowest BCUT2D eigenvalue weighted by Crippen LogP contribution is -2.27. The van der Waals surface area contributed by atoms with Crippen LogP contribution in [-0.4, -0.2) is 9.97 Å². The minimum Gasteiger partial charge on any atom is -0.240 e. The zero-order chi connectivity index (χ0) is 13.6. The average Bonchev–Trinajstić information content (AvgIpc) is 2.75. The highest BCUT2D eigenvalue weighted by Gasteiger charge is 2.29. The van der Waals surface area contributed by atoms with Crippen molar-refractivity contribution in [3.63, 3.8) is 0 Å². The number of nitrogens with zero attached hydrogens (tertiary/aromatic N) is 3. The van der Waals surface area contributed by atoms with E-state index in [1.165, 1.54) is 29.0 Å². The highest BCUT2D eigenvalue weighted by molar-refractivity contribution is 7.18. The summed E-state index contributed by atoms with van der Waals surface area (Å²) in [7, 11) is 0. The summed E-state index contributed by atoms with van der Waals surface area (Å²) in [5.74, 6) is 0.702. The predicted molar refractivity (Wildman–Crippen MR) is 77.1 cm³/mol. The fourth-order valence-corrected chi connectivity index (χ4v) is 3.54. The summed E-state index contributed by atoms with van der Waals surface area (Å²) in [6, 6.07) is 4.25. The van der Waals surface area contributed by atoms with Gasteiger partial charge in [-0.25, -0.2) is 9.97 Å². The van der Waals surface area contributed by atoms with E-state index >= 15 is 0 Å². The molecule has 19 heavy (non-hydrogen) atoms. The highest BCUT2D eigenvalue weighted by Crippen LogP contribution is 2.37. The Hall–Kier alpha value is -1.47. The molecule has 0 aromatic carbocycles. The van der Waals surface area contributed by atoms with Crippen LogP contribution >= 0.6 is 11.3 Å². The molecule has 1 unspecified atom stereocenters. The van der Waals surface area contributed by atoms with E-state index in [1.807, 2.05) is 0 Å². The van der Waals surface area contributed by atoms with Crippen molar-refractivity contribution in [3.8, 4) is 6.07 Å². The van der Waals surface area contributed by atoms with E-state index in [4.69, 9.17) is 10.2 Å². The lowest BCUT2D eigenvalue weighted by molar-refractivity contribution is 0.215. The molecule has 1 aliphatic carbocycles. The molecule has 0 saturated carbocycles. The summed E-state index contributed by atoms with van der Waals surface area (Å²) < 4.78 is 0. The number of nitriles is 1. The third kappa shape index (κ3) is 2.23. The maximum atomic E-state index is 8.92. The lowest BCUT2D eigenvalue weighted by Gasteiger charge is -2.34. The van der Waals surface area contributed by atoms with Crippen molar-refractivity contribution in [1.82, 2.24) is 9.97 Å². The zero-order valence-electron chi connectivity index (χ0n) is 11.5. The first kappa shape index (κ1) is 12.6. The van der Waals surface area contributed by atoms with Gasteiger partial charge >= 0.3 is 0 Å². The molecule has 0 spiro atoms. The van der Waals surface area contributed by atoms with Crippen LogP contribution in [-0.2, 0) is 12.8 Å². The van der Waals surface area contributed by atoms with Crippen molar-refractivity contribution in [1.29, 1.82) is 5.26 Å². The summed E-state index contributed by atoms with van der Waals surface area (Å²) in [5.41, 5.74) is 3.76. The SMILES string of the molecule is CC(C)(C)C1CCc2nc3sc(C#N)nc3cc2C1. The molecule has 0 amide bonds. The molecule has 4 heteroatoms. The molecule has 2 aromatic heterocycles. The molecule has 1 atom stereocenters. The van der Waals surface area contributed by atoms with Gasteiger partial charge in [-0.3, -0.25) is 0 Å². The van der Waals surface area contributed by atoms with Gasteiger partial charge in [0.05, 0.1) is 0 Å². The van der Waals surface area contributed by atoms with Crippen LogP contribution in [0, 0.1) is 22.7 Å². The average molecular weight is 271 g/mol. The number of aryl methyl sites for hydroxylation is 1. The first-order valence-electron chi connectivity index (χ1n) is 6.67. The minimum absolute atomic E-state index is 0.340. The van der Waals surface area contributed by atoms with Gasteiger partial charge in [-0.2, -0.15) is 5.26 Å². The molecule has 2 aromatic rings. The van der Waals surface area contributed by atoms with E-state index in [0.717, 1.165) is 23.2 Å². The molecule has 0 aliphatic heterocycles. The van der Waals surface area contributed by atoms with E-state index in [0.29, 0.717) is 16.3 Å². The molecule has 0 N–H and O–H groups in total. The normalized spacial score (nSPS) is 19.2. The van der Waals surface area contributed by atoms with E-state index in [9.17, 15) is 0 Å². The highest BCUT2D eigenvalue weighted by atomic mass is 32.1. The van der Waals surface area contributed by atoms with Crippen LogP contribution in [0.1, 0.15) is 43.5 Å². The second-order valence-electron chi connectivity index (χ2n) is 6.36. The molecule has 3 rings (SSSR count). The first-order valence-corrected chi connectivity index (χ1v) is 7.48. The molecule has 0 saturated heterocycles. The Bertz CT molecular complexity index is 673. The van der Waals surface area contributed by atoms with Crippen LogP contribution in [0.3, 0.4) is 0 Å². The van der Waals surface area contributed by atoms with Gasteiger partial charge in [0.1, 0.15) is 16.4 Å². The molecule has 0 fully saturated rings. The van der Waals surface area contributed by atoms with Crippen molar-refractivity contribution < 1.29 is 0 Å². The zero-order valence-corrected chi connectivity index (χ0v) is 12.3. The fraction of sp³-hybridized carbons (Fsp3) is 0.533. The standard InChI is InChI=1S/C15H17N3S/c1-15(2,3)10-4-5-11-9(6-10)7-12-14(18-11)19-13(8-16)17-12/h7,10H,4-6H2,1-3H3. The largest absolute Gasteiger partial charge is 0.240 e. The molecule has 0 bridgehead atoms. The molecule has 1 aliphatic rings. The predicted octanol–water partition coefficient (Wildman–Crippen LogP) is 3.71. The van der Waals surface area contributed by atoms with Crippen molar-refractivity contribution in [3.05, 3.63) is 22.3 Å². The summed E-state index contributed by atoms with van der Waals surface area (Å²) in [5, 5.41) is 9.43. The molecule has 3 nitrogen and oxygen atoms in total. The van der Waals surface area contributed by atoms with Crippen LogP contribution < -0.4 is 0 Å². The number of aromatic nitrogens is 2. The fourth-order valence-electron chi connectivity index (χ4n) is 2.80. The molecule has 98 valence electrons. The van der Waals surface area contributed by atoms with Gasteiger partial charge in [0.25, 0.3) is 0 Å². The maximum Gasteiger partial charge on any atom is 0.196 e. The summed E-state index contributed by atoms with van der Waals surface area (Å²) in [6.45, 7) is 6.93. The molecular weight excluding hydrogens is 254 g/mol. The van der Waals surface area contributed by atoms with Gasteiger partial charge in [-0.1, -0.05) is 32.1 Å². The third-order valence-electron chi connectivity index (χ3n) is 4.07. The number of fused-ring (bicyclic) bond motifs is 2. The number of thiazole rings is 1. The van der Waals surface area contributed by atoms with E-state index < -0.39 is 0 Å². The van der Waals surface area contributed by atoms with Crippen LogP contribution in [0.25, 0.3) is 10.3 Å². The van der Waals surface area contributed by atoms with Gasteiger partial charge in [0, 0.05) is 5.69 Å². The summed E-state index contributed by atoms with van der Waals surface area (Å²) >= 11 is 1.39. The summed E-state index contributed by atoms with van der Waals surface area (Å²) in [6.07, 6.45) is 3.34. The molecular formula is C15H17N3S. The number of hydrogen-bond acceptors (Lipinski definition) is 4. The van der Waals surface area contributed by atoms with Crippen molar-refractivity contribution in [2.24, 2.45) is 11.3 Å². The van der Waals surface area contributed by atoms with Crippen molar-refractivity contribution >= 4 is 21.7 Å². The van der Waals surface area contributed by atoms with Crippen LogP contribution in [0.4, 0.5) is 0 Å². The Labute approximate surface area is 117 Å². The van der Waals surface area contributed by atoms with Gasteiger partial charge in [0.15, 0.2) is 5.01 Å². The maximum absolute atomic E-state index is 8.92. The molecule has 2 heterocycles. The summed E-state index contributed by atoms with van der Waals surface area (Å²) in [4.78, 5) is 9.93. The van der Waals surface area contributed by atoms with Gasteiger partial charge in [-0.05, 0) is 42.2 Å². The lowest BCUT2D eigenvalue weighted by atomic mass is 9.71. The number of rotatable bonds is 0. The Balaban J connectivity index is 2.03. The van der Waals surface area contributed by atoms with Crippen LogP contribution in [0.5, 0.6) is 0 Å². The van der Waals surface area contributed by atoms with Crippen molar-refractivity contribution in [2.75, 3.05) is 0 Å². The Kier molecular flexibility index (Phi) is 2.83. The second kappa shape index (κ2) is 4.28. The quantitative estimate of drug-likeness (QED) is 0.734. The number of hydrogen-bond donors (Lipinski definition) is 0. The topological polar surface area (TPSA) is 49.6 Å². The second-order valence-corrected chi connectivity index (χ2v) is 7.33. The van der Waals surface area contributed by atoms with E-state index in [1.54, 1.807) is 0 Å². The van der Waals surface area contributed by atoms with Gasteiger partial charge < -0.3 is 0 Å². The van der Waals surface area contributed by atoms with Crippen molar-refractivity contribution in [2.45, 2.75) is 40.0 Å². The van der Waals surface area contributed by atoms with Crippen LogP contribution in [0.15, 0.2) is 6.07 Å². The van der Waals surface area contributed by atoms with Crippen LogP contribution in [0.2, 0.25) is 0 Å². The minimum atomic E-state index is 0.340. The van der Waals surface area contributed by atoms with E-state index in [2.05, 4.69) is 37.9 Å². The monoisotopic (exact) mass is 271 g/mol. The Morgan fingerprint density at radius 1 is 1.37 bits per heavy atom. The first-order chi connectivity index (χ1) is 8.97. The Morgan fingerprint density at radius 2 is 2.16 bits per heavy atom. The molecule has 0 radical (unpaired) electrons. The van der Waals surface area contributed by atoms with E-state index in [-0.39, 0.29) is 0 Å². The smallest absolute Gasteiger partial charge is 0.196 e. The Morgan fingerprint density at radius 3 is 2.84 bits per heavy atom. The van der Waals surface area contributed by atoms with Gasteiger partial charge in [0.2, 0.25) is 0 Å².